The summed E-state index contributed by atoms with van der Waals surface area (Å²) in [4.78, 5) is 25.5. The second kappa shape index (κ2) is 11.1. The van der Waals surface area contributed by atoms with Gasteiger partial charge in [-0.05, 0) is 49.4 Å². The molecule has 0 aliphatic heterocycles. The summed E-state index contributed by atoms with van der Waals surface area (Å²) in [5.74, 6) is 0.147. The topological polar surface area (TPSA) is 67.4 Å². The van der Waals surface area contributed by atoms with Crippen LogP contribution in [-0.2, 0) is 9.59 Å². The van der Waals surface area contributed by atoms with E-state index in [0.717, 1.165) is 4.90 Å². The van der Waals surface area contributed by atoms with Gasteiger partial charge in [-0.2, -0.15) is 0 Å². The fraction of sp³-hybridized carbons (Fsp3) is 0.130. The number of rotatable bonds is 8. The number of carbonyl (C=O) groups is 2. The number of anilines is 2. The van der Waals surface area contributed by atoms with Gasteiger partial charge in [-0.1, -0.05) is 53.5 Å². The van der Waals surface area contributed by atoms with Crippen molar-refractivity contribution in [2.75, 3.05) is 17.2 Å². The van der Waals surface area contributed by atoms with Crippen LogP contribution in [0.3, 0.4) is 0 Å². The number of halogens is 2. The number of hydrogen-bond donors (Lipinski definition) is 2. The summed E-state index contributed by atoms with van der Waals surface area (Å²) in [6.07, 6.45) is 0. The predicted molar refractivity (Wildman–Crippen MR) is 127 cm³/mol. The maximum absolute atomic E-state index is 12.5. The molecule has 31 heavy (non-hydrogen) atoms. The highest BCUT2D eigenvalue weighted by Crippen LogP contribution is 2.31. The Morgan fingerprint density at radius 1 is 0.968 bits per heavy atom. The van der Waals surface area contributed by atoms with E-state index in [4.69, 9.17) is 27.9 Å². The van der Waals surface area contributed by atoms with Gasteiger partial charge in [0.05, 0.1) is 21.0 Å². The number of nitrogens with one attached hydrogen (secondary N) is 2. The third-order valence-electron chi connectivity index (χ3n) is 4.12. The lowest BCUT2D eigenvalue weighted by atomic mass is 10.3. The predicted octanol–water partition coefficient (Wildman–Crippen LogP) is 6.13. The van der Waals surface area contributed by atoms with Gasteiger partial charge in [0.15, 0.2) is 6.61 Å². The van der Waals surface area contributed by atoms with Crippen LogP contribution in [0.2, 0.25) is 10.0 Å². The molecule has 0 fully saturated rings. The first kappa shape index (κ1) is 23.0. The van der Waals surface area contributed by atoms with Gasteiger partial charge < -0.3 is 15.4 Å². The van der Waals surface area contributed by atoms with Crippen molar-refractivity contribution in [1.29, 1.82) is 0 Å². The lowest BCUT2D eigenvalue weighted by Gasteiger charge is -2.14. The Hall–Kier alpha value is -2.67. The fourth-order valence-corrected chi connectivity index (χ4v) is 3.88. The van der Waals surface area contributed by atoms with Crippen LogP contribution in [0, 0.1) is 0 Å². The first-order valence-corrected chi connectivity index (χ1v) is 11.1. The van der Waals surface area contributed by atoms with Gasteiger partial charge >= 0.3 is 0 Å². The van der Waals surface area contributed by atoms with E-state index >= 15 is 0 Å². The van der Waals surface area contributed by atoms with Gasteiger partial charge in [-0.25, -0.2) is 0 Å². The largest absolute Gasteiger partial charge is 0.484 e. The molecule has 0 aliphatic rings. The number of amides is 2. The highest BCUT2D eigenvalue weighted by Gasteiger charge is 2.17. The highest BCUT2D eigenvalue weighted by atomic mass is 35.5. The molecule has 1 unspecified atom stereocenters. The van der Waals surface area contributed by atoms with Gasteiger partial charge in [0.25, 0.3) is 5.91 Å². The van der Waals surface area contributed by atoms with E-state index in [2.05, 4.69) is 10.6 Å². The summed E-state index contributed by atoms with van der Waals surface area (Å²) in [6.45, 7) is 1.69. The van der Waals surface area contributed by atoms with Crippen molar-refractivity contribution in [3.8, 4) is 5.75 Å². The maximum Gasteiger partial charge on any atom is 0.262 e. The van der Waals surface area contributed by atoms with Crippen LogP contribution in [0.25, 0.3) is 0 Å². The lowest BCUT2D eigenvalue weighted by molar-refractivity contribution is -0.118. The average Bonchev–Trinajstić information content (AvgIpc) is 2.76. The van der Waals surface area contributed by atoms with Crippen molar-refractivity contribution in [2.45, 2.75) is 17.1 Å². The molecule has 0 saturated heterocycles. The molecule has 0 aromatic heterocycles. The molecule has 160 valence electrons. The smallest absolute Gasteiger partial charge is 0.262 e. The zero-order valence-electron chi connectivity index (χ0n) is 16.6. The summed E-state index contributed by atoms with van der Waals surface area (Å²) in [6, 6.07) is 21.5. The fourth-order valence-electron chi connectivity index (χ4n) is 2.60. The van der Waals surface area contributed by atoms with Crippen LogP contribution in [0.15, 0.2) is 77.7 Å². The summed E-state index contributed by atoms with van der Waals surface area (Å²) < 4.78 is 5.45. The normalized spacial score (nSPS) is 11.5. The van der Waals surface area contributed by atoms with Crippen LogP contribution in [-0.4, -0.2) is 23.7 Å². The SMILES string of the molecule is CC(Sc1cccc(NC(=O)COc2ccccc2)c1)C(=O)Nc1cccc(Cl)c1Cl. The van der Waals surface area contributed by atoms with Crippen molar-refractivity contribution in [3.05, 3.63) is 82.8 Å². The molecule has 2 amide bonds. The van der Waals surface area contributed by atoms with Gasteiger partial charge in [0.1, 0.15) is 5.75 Å². The third kappa shape index (κ3) is 6.92. The summed E-state index contributed by atoms with van der Waals surface area (Å²) in [7, 11) is 0. The van der Waals surface area contributed by atoms with Crippen molar-refractivity contribution in [1.82, 2.24) is 0 Å². The first-order chi connectivity index (χ1) is 14.9. The van der Waals surface area contributed by atoms with E-state index in [1.54, 1.807) is 49.4 Å². The Morgan fingerprint density at radius 2 is 1.71 bits per heavy atom. The van der Waals surface area contributed by atoms with E-state index in [0.29, 0.717) is 27.2 Å². The third-order valence-corrected chi connectivity index (χ3v) is 6.04. The minimum absolute atomic E-state index is 0.0966. The quantitative estimate of drug-likeness (QED) is 0.385. The Balaban J connectivity index is 1.55. The molecular formula is C23H20Cl2N2O3S. The lowest BCUT2D eigenvalue weighted by Crippen LogP contribution is -2.22. The number of carbonyl (C=O) groups excluding carboxylic acids is 2. The zero-order chi connectivity index (χ0) is 22.2. The monoisotopic (exact) mass is 474 g/mol. The zero-order valence-corrected chi connectivity index (χ0v) is 18.9. The second-order valence-corrected chi connectivity index (χ2v) is 8.73. The highest BCUT2D eigenvalue weighted by molar-refractivity contribution is 8.00. The summed E-state index contributed by atoms with van der Waals surface area (Å²) in [5, 5.41) is 5.86. The van der Waals surface area contributed by atoms with E-state index in [-0.39, 0.29) is 18.4 Å². The summed E-state index contributed by atoms with van der Waals surface area (Å²) in [5.41, 5.74) is 1.09. The molecular weight excluding hydrogens is 455 g/mol. The number of benzene rings is 3. The second-order valence-electron chi connectivity index (χ2n) is 6.53. The molecule has 0 heterocycles. The Bertz CT molecular complexity index is 1060. The van der Waals surface area contributed by atoms with Crippen LogP contribution in [0.5, 0.6) is 5.75 Å². The number of hydrogen-bond acceptors (Lipinski definition) is 4. The van der Waals surface area contributed by atoms with Gasteiger partial charge in [-0.15, -0.1) is 11.8 Å². The molecule has 8 heteroatoms. The molecule has 1 atom stereocenters. The van der Waals surface area contributed by atoms with Crippen LogP contribution in [0.4, 0.5) is 11.4 Å². The van der Waals surface area contributed by atoms with Gasteiger partial charge in [-0.3, -0.25) is 9.59 Å². The number of ether oxygens (including phenoxy) is 1. The van der Waals surface area contributed by atoms with Gasteiger partial charge in [0.2, 0.25) is 5.91 Å². The van der Waals surface area contributed by atoms with Crippen molar-refractivity contribution in [3.63, 3.8) is 0 Å². The standard InChI is InChI=1S/C23H20Cl2N2O3S/c1-15(23(29)27-20-12-6-11-19(24)22(20)25)31-18-10-5-7-16(13-18)26-21(28)14-30-17-8-3-2-4-9-17/h2-13,15H,14H2,1H3,(H,26,28)(H,27,29). The molecule has 0 bridgehead atoms. The first-order valence-electron chi connectivity index (χ1n) is 9.41. The van der Waals surface area contributed by atoms with E-state index in [1.165, 1.54) is 11.8 Å². The molecule has 0 radical (unpaired) electrons. The minimum atomic E-state index is -0.401. The van der Waals surface area contributed by atoms with Crippen LogP contribution >= 0.6 is 35.0 Å². The van der Waals surface area contributed by atoms with Crippen LogP contribution in [0.1, 0.15) is 6.92 Å². The number of thioether (sulfide) groups is 1. The van der Waals surface area contributed by atoms with Crippen molar-refractivity contribution in [2.24, 2.45) is 0 Å². The van der Waals surface area contributed by atoms with Gasteiger partial charge in [0, 0.05) is 10.6 Å². The Morgan fingerprint density at radius 3 is 2.48 bits per heavy atom. The Kier molecular flexibility index (Phi) is 8.23. The molecule has 0 aliphatic carbocycles. The molecule has 0 spiro atoms. The molecule has 0 saturated carbocycles. The van der Waals surface area contributed by atoms with E-state index < -0.39 is 5.25 Å². The molecule has 3 rings (SSSR count). The minimum Gasteiger partial charge on any atom is -0.484 e. The number of para-hydroxylation sites is 1. The molecule has 5 nitrogen and oxygen atoms in total. The maximum atomic E-state index is 12.5. The van der Waals surface area contributed by atoms with Crippen LogP contribution < -0.4 is 15.4 Å². The summed E-state index contributed by atoms with van der Waals surface area (Å²) >= 11 is 13.5. The average molecular weight is 475 g/mol. The molecule has 3 aromatic rings. The van der Waals surface area contributed by atoms with E-state index in [1.807, 2.05) is 30.3 Å². The van der Waals surface area contributed by atoms with Crippen molar-refractivity contribution >= 4 is 58.2 Å². The van der Waals surface area contributed by atoms with E-state index in [9.17, 15) is 9.59 Å². The molecule has 2 N–H and O–H groups in total. The molecule has 3 aromatic carbocycles. The Labute approximate surface area is 195 Å². The van der Waals surface area contributed by atoms with Crippen molar-refractivity contribution < 1.29 is 14.3 Å².